The van der Waals surface area contributed by atoms with Crippen molar-refractivity contribution in [1.82, 2.24) is 0 Å². The zero-order valence-corrected chi connectivity index (χ0v) is 5.69. The largest absolute Gasteiger partial charge is 0.451 e. The molecule has 0 spiro atoms. The monoisotopic (exact) mass is 132 g/mol. The number of hydrogen-bond donors (Lipinski definition) is 0. The van der Waals surface area contributed by atoms with Crippen LogP contribution in [0.3, 0.4) is 0 Å². The highest BCUT2D eigenvalue weighted by molar-refractivity contribution is 4.97. The van der Waals surface area contributed by atoms with E-state index >= 15 is 0 Å². The lowest BCUT2D eigenvalue weighted by molar-refractivity contribution is -0.131. The standard InChI is InChI=1S/C6H9FO2/c1-4-5(7)9-6(2,3)8-4/h1-3H3. The Bertz CT molecular complexity index is 144. The van der Waals surface area contributed by atoms with Gasteiger partial charge in [0.25, 0.3) is 0 Å². The van der Waals surface area contributed by atoms with E-state index in [9.17, 15) is 4.39 Å². The van der Waals surface area contributed by atoms with Gasteiger partial charge in [0.1, 0.15) is 0 Å². The van der Waals surface area contributed by atoms with Crippen molar-refractivity contribution in [3.63, 3.8) is 0 Å². The number of ether oxygens (including phenoxy) is 2. The van der Waals surface area contributed by atoms with E-state index in [-0.39, 0.29) is 5.76 Å². The number of hydrogen-bond acceptors (Lipinski definition) is 2. The first-order chi connectivity index (χ1) is 4.01. The van der Waals surface area contributed by atoms with Crippen molar-refractivity contribution in [2.45, 2.75) is 26.6 Å². The van der Waals surface area contributed by atoms with Crippen molar-refractivity contribution in [2.24, 2.45) is 0 Å². The predicted octanol–water partition coefficient (Wildman–Crippen LogP) is 1.93. The van der Waals surface area contributed by atoms with Gasteiger partial charge in [0.15, 0.2) is 5.76 Å². The van der Waals surface area contributed by atoms with Gasteiger partial charge in [-0.3, -0.25) is 0 Å². The molecule has 0 saturated carbocycles. The van der Waals surface area contributed by atoms with Crippen LogP contribution in [0.1, 0.15) is 20.8 Å². The third-order valence-electron chi connectivity index (χ3n) is 1.01. The minimum Gasteiger partial charge on any atom is -0.451 e. The molecule has 1 rings (SSSR count). The maximum absolute atomic E-state index is 12.3. The second-order valence-electron chi connectivity index (χ2n) is 2.43. The van der Waals surface area contributed by atoms with Crippen LogP contribution in [0.2, 0.25) is 0 Å². The van der Waals surface area contributed by atoms with E-state index in [1.807, 2.05) is 0 Å². The molecule has 0 unspecified atom stereocenters. The van der Waals surface area contributed by atoms with Gasteiger partial charge in [-0.15, -0.1) is 0 Å². The molecule has 0 N–H and O–H groups in total. The number of allylic oxidation sites excluding steroid dienone is 1. The van der Waals surface area contributed by atoms with Gasteiger partial charge in [-0.2, -0.15) is 4.39 Å². The van der Waals surface area contributed by atoms with Crippen LogP contribution >= 0.6 is 0 Å². The Balaban J connectivity index is 2.70. The molecule has 3 heteroatoms. The molecular formula is C6H9FO2. The van der Waals surface area contributed by atoms with Gasteiger partial charge in [0.2, 0.25) is 5.79 Å². The molecule has 0 aromatic heterocycles. The van der Waals surface area contributed by atoms with Crippen LogP contribution in [0.25, 0.3) is 0 Å². The van der Waals surface area contributed by atoms with Gasteiger partial charge in [-0.1, -0.05) is 0 Å². The SMILES string of the molecule is CC1=C(F)OC(C)(C)O1. The Morgan fingerprint density at radius 3 is 2.00 bits per heavy atom. The quantitative estimate of drug-likeness (QED) is 0.501. The summed E-state index contributed by atoms with van der Waals surface area (Å²) in [7, 11) is 0. The average molecular weight is 132 g/mol. The first-order valence-corrected chi connectivity index (χ1v) is 2.76. The van der Waals surface area contributed by atoms with E-state index in [0.29, 0.717) is 0 Å². The van der Waals surface area contributed by atoms with E-state index in [0.717, 1.165) is 0 Å². The number of rotatable bonds is 0. The first-order valence-electron chi connectivity index (χ1n) is 2.76. The Kier molecular flexibility index (Phi) is 1.15. The van der Waals surface area contributed by atoms with E-state index in [1.54, 1.807) is 13.8 Å². The Morgan fingerprint density at radius 1 is 1.33 bits per heavy atom. The van der Waals surface area contributed by atoms with Gasteiger partial charge in [0, 0.05) is 13.8 Å². The summed E-state index contributed by atoms with van der Waals surface area (Å²) in [4.78, 5) is 0. The smallest absolute Gasteiger partial charge is 0.314 e. The molecule has 1 aliphatic rings. The zero-order valence-electron chi connectivity index (χ0n) is 5.69. The van der Waals surface area contributed by atoms with E-state index in [4.69, 9.17) is 4.74 Å². The van der Waals surface area contributed by atoms with Crippen LogP contribution in [0, 0.1) is 0 Å². The molecule has 1 aliphatic heterocycles. The highest BCUT2D eigenvalue weighted by Gasteiger charge is 2.31. The molecule has 0 aliphatic carbocycles. The summed E-state index contributed by atoms with van der Waals surface area (Å²) in [6, 6.07) is -0.611. The first kappa shape index (κ1) is 6.39. The molecular weight excluding hydrogens is 123 g/mol. The molecule has 0 amide bonds. The normalized spacial score (nSPS) is 23.6. The second kappa shape index (κ2) is 1.62. The summed E-state index contributed by atoms with van der Waals surface area (Å²) in [5.41, 5.74) is 0. The van der Waals surface area contributed by atoms with Crippen molar-refractivity contribution in [3.05, 3.63) is 11.8 Å². The molecule has 0 radical (unpaired) electrons. The molecule has 2 nitrogen and oxygen atoms in total. The van der Waals surface area contributed by atoms with Crippen LogP contribution in [0.5, 0.6) is 0 Å². The minimum atomic E-state index is -0.811. The van der Waals surface area contributed by atoms with E-state index in [1.165, 1.54) is 6.92 Å². The minimum absolute atomic E-state index is 0.222. The van der Waals surface area contributed by atoms with Crippen LogP contribution < -0.4 is 0 Å². The molecule has 0 saturated heterocycles. The molecule has 52 valence electrons. The summed E-state index contributed by atoms with van der Waals surface area (Å²) in [6.07, 6.45) is 0. The second-order valence-corrected chi connectivity index (χ2v) is 2.43. The van der Waals surface area contributed by atoms with Gasteiger partial charge in [-0.25, -0.2) is 0 Å². The van der Waals surface area contributed by atoms with Crippen LogP contribution in [-0.2, 0) is 9.47 Å². The topological polar surface area (TPSA) is 18.5 Å². The highest BCUT2D eigenvalue weighted by atomic mass is 19.1. The van der Waals surface area contributed by atoms with Crippen LogP contribution in [0.15, 0.2) is 11.8 Å². The summed E-state index contributed by atoms with van der Waals surface area (Å²) in [6.45, 7) is 4.84. The Hall–Kier alpha value is -0.730. The van der Waals surface area contributed by atoms with Gasteiger partial charge in [-0.05, 0) is 6.92 Å². The van der Waals surface area contributed by atoms with Crippen molar-refractivity contribution in [2.75, 3.05) is 0 Å². The number of halogens is 1. The average Bonchev–Trinajstić information content (AvgIpc) is 1.79. The lowest BCUT2D eigenvalue weighted by Gasteiger charge is -2.16. The van der Waals surface area contributed by atoms with Gasteiger partial charge < -0.3 is 9.47 Å². The lowest BCUT2D eigenvalue weighted by atomic mass is 10.4. The molecule has 1 heterocycles. The fourth-order valence-electron chi connectivity index (χ4n) is 0.717. The molecule has 0 aromatic rings. The molecule has 0 atom stereocenters. The fourth-order valence-corrected chi connectivity index (χ4v) is 0.717. The van der Waals surface area contributed by atoms with Gasteiger partial charge in [0.05, 0.1) is 0 Å². The zero-order chi connectivity index (χ0) is 7.07. The molecule has 0 aromatic carbocycles. The summed E-state index contributed by atoms with van der Waals surface area (Å²) in [5, 5.41) is 0. The third-order valence-corrected chi connectivity index (χ3v) is 1.01. The summed E-state index contributed by atoms with van der Waals surface area (Å²) in [5.74, 6) is -0.589. The van der Waals surface area contributed by atoms with Crippen LogP contribution in [0.4, 0.5) is 4.39 Å². The Morgan fingerprint density at radius 2 is 1.89 bits per heavy atom. The van der Waals surface area contributed by atoms with Crippen molar-refractivity contribution >= 4 is 0 Å². The molecule has 9 heavy (non-hydrogen) atoms. The maximum atomic E-state index is 12.3. The van der Waals surface area contributed by atoms with Crippen molar-refractivity contribution < 1.29 is 13.9 Å². The Labute approximate surface area is 53.3 Å². The predicted molar refractivity (Wildman–Crippen MR) is 30.1 cm³/mol. The van der Waals surface area contributed by atoms with Gasteiger partial charge >= 0.3 is 6.01 Å². The molecule has 0 fully saturated rings. The lowest BCUT2D eigenvalue weighted by Crippen LogP contribution is -2.20. The fraction of sp³-hybridized carbons (Fsp3) is 0.667. The van der Waals surface area contributed by atoms with E-state index < -0.39 is 11.8 Å². The summed E-state index contributed by atoms with van der Waals surface area (Å²) < 4.78 is 21.9. The van der Waals surface area contributed by atoms with Crippen molar-refractivity contribution in [3.8, 4) is 0 Å². The van der Waals surface area contributed by atoms with Crippen molar-refractivity contribution in [1.29, 1.82) is 0 Å². The molecule has 0 bridgehead atoms. The van der Waals surface area contributed by atoms with Crippen LogP contribution in [-0.4, -0.2) is 5.79 Å². The maximum Gasteiger partial charge on any atom is 0.314 e. The third kappa shape index (κ3) is 1.15. The summed E-state index contributed by atoms with van der Waals surface area (Å²) >= 11 is 0. The highest BCUT2D eigenvalue weighted by Crippen LogP contribution is 2.29. The van der Waals surface area contributed by atoms with E-state index in [2.05, 4.69) is 4.74 Å².